The fourth-order valence-corrected chi connectivity index (χ4v) is 3.34. The molecule has 2 aromatic carbocycles. The summed E-state index contributed by atoms with van der Waals surface area (Å²) in [6.45, 7) is 1.89. The number of aliphatic hydroxyl groups excluding tert-OH is 1. The van der Waals surface area contributed by atoms with Crippen LogP contribution >= 0.6 is 0 Å². The first kappa shape index (κ1) is 20.8. The van der Waals surface area contributed by atoms with Crippen LogP contribution < -0.4 is 16.0 Å². The lowest BCUT2D eigenvalue weighted by Crippen LogP contribution is -2.21. The zero-order chi connectivity index (χ0) is 20.8. The lowest BCUT2D eigenvalue weighted by Gasteiger charge is -2.17. The highest BCUT2D eigenvalue weighted by Crippen LogP contribution is 2.29. The quantitative estimate of drug-likeness (QED) is 0.383. The number of aliphatic hydroxyl groups is 1. The molecule has 0 spiro atoms. The molecule has 0 aliphatic rings. The van der Waals surface area contributed by atoms with Gasteiger partial charge in [-0.25, -0.2) is 4.98 Å². The molecule has 3 rings (SSSR count). The van der Waals surface area contributed by atoms with Crippen molar-refractivity contribution in [3.8, 4) is 11.1 Å². The second-order valence-electron chi connectivity index (χ2n) is 6.67. The van der Waals surface area contributed by atoms with Crippen molar-refractivity contribution < 1.29 is 5.11 Å². The van der Waals surface area contributed by atoms with Gasteiger partial charge >= 0.3 is 0 Å². The van der Waals surface area contributed by atoms with Crippen LogP contribution in [0.3, 0.4) is 0 Å². The van der Waals surface area contributed by atoms with Crippen molar-refractivity contribution in [2.75, 3.05) is 35.9 Å². The van der Waals surface area contributed by atoms with Gasteiger partial charge in [-0.15, -0.1) is 0 Å². The maximum Gasteiger partial charge on any atom is 0.229 e. The van der Waals surface area contributed by atoms with Crippen LogP contribution in [-0.2, 0) is 10.7 Å². The van der Waals surface area contributed by atoms with E-state index in [9.17, 15) is 5.11 Å². The molecular formula is C21H26N6OS. The van der Waals surface area contributed by atoms with Crippen LogP contribution in [0.2, 0.25) is 0 Å². The average molecular weight is 411 g/mol. The highest BCUT2D eigenvalue weighted by molar-refractivity contribution is 7.85. The number of hydrogen-bond donors (Lipinski definition) is 5. The minimum absolute atomic E-state index is 0.00471. The lowest BCUT2D eigenvalue weighted by molar-refractivity contribution is 0.281. The number of rotatable bonds is 8. The summed E-state index contributed by atoms with van der Waals surface area (Å²) in [6.07, 6.45) is 3.64. The van der Waals surface area contributed by atoms with Crippen molar-refractivity contribution in [2.24, 2.45) is 0 Å². The Morgan fingerprint density at radius 3 is 2.55 bits per heavy atom. The summed E-state index contributed by atoms with van der Waals surface area (Å²) >= 11 is 0. The van der Waals surface area contributed by atoms with Gasteiger partial charge in [0, 0.05) is 41.1 Å². The normalized spacial score (nSPS) is 12.8. The molecule has 152 valence electrons. The Morgan fingerprint density at radius 2 is 1.90 bits per heavy atom. The molecular weight excluding hydrogens is 384 g/mol. The van der Waals surface area contributed by atoms with E-state index in [4.69, 9.17) is 4.78 Å². The van der Waals surface area contributed by atoms with Gasteiger partial charge in [-0.1, -0.05) is 28.9 Å². The highest BCUT2D eigenvalue weighted by Gasteiger charge is 2.12. The maximum absolute atomic E-state index is 9.47. The summed E-state index contributed by atoms with van der Waals surface area (Å²) in [5.41, 5.74) is 3.69. The Labute approximate surface area is 173 Å². The third-order valence-electron chi connectivity index (χ3n) is 4.37. The molecule has 0 aliphatic carbocycles. The van der Waals surface area contributed by atoms with E-state index in [0.717, 1.165) is 27.4 Å². The SMILES string of the molecule is CNc1ccc(-c2cnc(Nc3cccc(S(C)=N)c3)nc2N[C@H](C)CO)cc1. The van der Waals surface area contributed by atoms with Crippen LogP contribution in [0.15, 0.2) is 59.6 Å². The molecule has 1 aromatic heterocycles. The lowest BCUT2D eigenvalue weighted by atomic mass is 10.1. The second-order valence-corrected chi connectivity index (χ2v) is 8.17. The Morgan fingerprint density at radius 1 is 1.14 bits per heavy atom. The van der Waals surface area contributed by atoms with Crippen molar-refractivity contribution in [3.63, 3.8) is 0 Å². The Hall–Kier alpha value is -2.97. The van der Waals surface area contributed by atoms with E-state index >= 15 is 0 Å². The van der Waals surface area contributed by atoms with Gasteiger partial charge in [-0.3, -0.25) is 4.78 Å². The Kier molecular flexibility index (Phi) is 6.79. The zero-order valence-corrected chi connectivity index (χ0v) is 17.5. The molecule has 7 nitrogen and oxygen atoms in total. The Bertz CT molecular complexity index is 993. The number of nitrogens with one attached hydrogen (secondary N) is 4. The van der Waals surface area contributed by atoms with Gasteiger partial charge < -0.3 is 21.1 Å². The first-order chi connectivity index (χ1) is 14.0. The largest absolute Gasteiger partial charge is 0.394 e. The molecule has 1 unspecified atom stereocenters. The van der Waals surface area contributed by atoms with Crippen LogP contribution in [0, 0.1) is 4.78 Å². The highest BCUT2D eigenvalue weighted by atomic mass is 32.2. The van der Waals surface area contributed by atoms with E-state index < -0.39 is 10.7 Å². The van der Waals surface area contributed by atoms with Crippen molar-refractivity contribution in [3.05, 3.63) is 54.7 Å². The van der Waals surface area contributed by atoms with Gasteiger partial charge in [0.05, 0.1) is 6.61 Å². The molecule has 8 heteroatoms. The molecule has 5 N–H and O–H groups in total. The molecule has 1 heterocycles. The third kappa shape index (κ3) is 5.30. The van der Waals surface area contributed by atoms with E-state index in [1.54, 1.807) is 6.20 Å². The molecule has 0 aliphatic heterocycles. The summed E-state index contributed by atoms with van der Waals surface area (Å²) in [6, 6.07) is 15.6. The number of benzene rings is 2. The molecule has 0 bridgehead atoms. The second kappa shape index (κ2) is 9.49. The number of hydrogen-bond acceptors (Lipinski definition) is 7. The minimum Gasteiger partial charge on any atom is -0.394 e. The van der Waals surface area contributed by atoms with Crippen molar-refractivity contribution in [1.29, 1.82) is 4.78 Å². The summed E-state index contributed by atoms with van der Waals surface area (Å²) < 4.78 is 7.91. The van der Waals surface area contributed by atoms with Crippen LogP contribution in [0.5, 0.6) is 0 Å². The van der Waals surface area contributed by atoms with Gasteiger partial charge in [0.15, 0.2) is 0 Å². The number of nitrogens with zero attached hydrogens (tertiary/aromatic N) is 2. The van der Waals surface area contributed by atoms with Gasteiger partial charge in [-0.05, 0) is 49.1 Å². The first-order valence-electron chi connectivity index (χ1n) is 9.27. The third-order valence-corrected chi connectivity index (χ3v) is 5.34. The molecule has 0 amide bonds. The van der Waals surface area contributed by atoms with Gasteiger partial charge in [0.1, 0.15) is 5.82 Å². The van der Waals surface area contributed by atoms with Crippen molar-refractivity contribution >= 4 is 33.8 Å². The summed E-state index contributed by atoms with van der Waals surface area (Å²) in [4.78, 5) is 10.1. The van der Waals surface area contributed by atoms with Crippen molar-refractivity contribution in [1.82, 2.24) is 9.97 Å². The van der Waals surface area contributed by atoms with Crippen LogP contribution in [-0.4, -0.2) is 41.0 Å². The summed E-state index contributed by atoms with van der Waals surface area (Å²) in [5, 5.41) is 19.0. The fourth-order valence-electron chi connectivity index (χ4n) is 2.75. The van der Waals surface area contributed by atoms with Gasteiger partial charge in [0.25, 0.3) is 0 Å². The predicted octanol–water partition coefficient (Wildman–Crippen LogP) is 4.09. The zero-order valence-electron chi connectivity index (χ0n) is 16.7. The maximum atomic E-state index is 9.47. The average Bonchev–Trinajstić information content (AvgIpc) is 2.74. The van der Waals surface area contributed by atoms with E-state index in [-0.39, 0.29) is 12.6 Å². The van der Waals surface area contributed by atoms with Gasteiger partial charge in [-0.2, -0.15) is 4.98 Å². The van der Waals surface area contributed by atoms with Crippen LogP contribution in [0.4, 0.5) is 23.1 Å². The monoisotopic (exact) mass is 410 g/mol. The number of aromatic nitrogens is 2. The molecule has 0 fully saturated rings. The molecule has 0 saturated heterocycles. The Balaban J connectivity index is 1.94. The topological polar surface area (TPSA) is 106 Å². The molecule has 3 aromatic rings. The van der Waals surface area contributed by atoms with Crippen LogP contribution in [0.1, 0.15) is 6.92 Å². The molecule has 0 saturated carbocycles. The minimum atomic E-state index is -0.568. The molecule has 29 heavy (non-hydrogen) atoms. The van der Waals surface area contributed by atoms with E-state index in [0.29, 0.717) is 11.8 Å². The summed E-state index contributed by atoms with van der Waals surface area (Å²) in [7, 11) is 1.31. The molecule has 0 radical (unpaired) electrons. The van der Waals surface area contributed by atoms with Crippen LogP contribution in [0.25, 0.3) is 11.1 Å². The van der Waals surface area contributed by atoms with E-state index in [1.807, 2.05) is 68.8 Å². The first-order valence-corrected chi connectivity index (χ1v) is 10.9. The molecule has 2 atom stereocenters. The van der Waals surface area contributed by atoms with E-state index in [2.05, 4.69) is 25.9 Å². The number of anilines is 4. The van der Waals surface area contributed by atoms with Crippen molar-refractivity contribution in [2.45, 2.75) is 17.9 Å². The predicted molar refractivity (Wildman–Crippen MR) is 121 cm³/mol. The smallest absolute Gasteiger partial charge is 0.229 e. The van der Waals surface area contributed by atoms with E-state index in [1.165, 1.54) is 0 Å². The fraction of sp³-hybridized carbons (Fsp3) is 0.238. The van der Waals surface area contributed by atoms with Gasteiger partial charge in [0.2, 0.25) is 5.95 Å². The standard InChI is InChI=1S/C21H26N6OS/c1-14(13-28)25-20-19(15-7-9-16(23-2)10-8-15)12-24-21(27-20)26-17-5-4-6-18(11-17)29(3)22/h4-12,14,22-23,28H,13H2,1-3H3,(H2,24,25,26,27)/t14-,29?/m1/s1. The summed E-state index contributed by atoms with van der Waals surface area (Å²) in [5.74, 6) is 1.10.